The first-order valence-corrected chi connectivity index (χ1v) is 6.74. The number of rotatable bonds is 3. The minimum atomic E-state index is -0.549. The molecule has 0 aliphatic rings. The van der Waals surface area contributed by atoms with Gasteiger partial charge in [-0.2, -0.15) is 0 Å². The van der Waals surface area contributed by atoms with Crippen LogP contribution in [0.1, 0.15) is 39.7 Å². The molecular weight excluding hydrogens is 256 g/mol. The first-order chi connectivity index (χ1) is 9.40. The highest BCUT2D eigenvalue weighted by Crippen LogP contribution is 2.17. The number of amides is 1. The maximum Gasteiger partial charge on any atom is 0.428 e. The molecular formula is C14H20N4O2. The van der Waals surface area contributed by atoms with Crippen molar-refractivity contribution in [2.75, 3.05) is 5.43 Å². The van der Waals surface area contributed by atoms with Crippen molar-refractivity contribution in [2.24, 2.45) is 0 Å². The summed E-state index contributed by atoms with van der Waals surface area (Å²) < 4.78 is 5.22. The number of nitrogens with zero attached hydrogens (tertiary/aromatic N) is 3. The molecule has 0 saturated heterocycles. The Morgan fingerprint density at radius 1 is 1.40 bits per heavy atom. The van der Waals surface area contributed by atoms with Crippen LogP contribution in [-0.4, -0.2) is 26.8 Å². The zero-order valence-electron chi connectivity index (χ0n) is 12.3. The van der Waals surface area contributed by atoms with E-state index < -0.39 is 11.7 Å². The number of carbonyl (C=O) groups excluding carboxylic acids is 1. The summed E-state index contributed by atoms with van der Waals surface area (Å²) in [5.74, 6) is 0. The van der Waals surface area contributed by atoms with Crippen LogP contribution in [0.2, 0.25) is 0 Å². The second-order valence-corrected chi connectivity index (χ2v) is 5.65. The Labute approximate surface area is 118 Å². The average molecular weight is 276 g/mol. The van der Waals surface area contributed by atoms with Crippen LogP contribution in [0, 0.1) is 0 Å². The molecule has 0 radical (unpaired) electrons. The molecule has 1 heterocycles. The average Bonchev–Trinajstić information content (AvgIpc) is 2.71. The van der Waals surface area contributed by atoms with Gasteiger partial charge in [0.15, 0.2) is 0 Å². The molecule has 1 N–H and O–H groups in total. The minimum absolute atomic E-state index is 0.546. The van der Waals surface area contributed by atoms with Crippen LogP contribution in [0.3, 0.4) is 0 Å². The van der Waals surface area contributed by atoms with Crippen molar-refractivity contribution in [1.29, 1.82) is 0 Å². The van der Waals surface area contributed by atoms with Crippen LogP contribution < -0.4 is 5.43 Å². The van der Waals surface area contributed by atoms with Crippen LogP contribution in [0.15, 0.2) is 18.2 Å². The van der Waals surface area contributed by atoms with Gasteiger partial charge in [-0.05, 0) is 44.0 Å². The number of benzene rings is 1. The van der Waals surface area contributed by atoms with Crippen molar-refractivity contribution in [3.63, 3.8) is 0 Å². The Bertz CT molecular complexity index is 613. The SMILES string of the molecule is CCCc1cccc2nnn(NC(=O)OC(C)(C)C)c12. The van der Waals surface area contributed by atoms with Gasteiger partial charge >= 0.3 is 6.09 Å². The summed E-state index contributed by atoms with van der Waals surface area (Å²) >= 11 is 0. The Morgan fingerprint density at radius 3 is 2.80 bits per heavy atom. The molecule has 2 rings (SSSR count). The Balaban J connectivity index is 2.28. The Morgan fingerprint density at radius 2 is 2.15 bits per heavy atom. The summed E-state index contributed by atoms with van der Waals surface area (Å²) in [4.78, 5) is 13.2. The molecule has 0 fully saturated rings. The second kappa shape index (κ2) is 5.48. The van der Waals surface area contributed by atoms with Crippen molar-refractivity contribution in [3.05, 3.63) is 23.8 Å². The van der Waals surface area contributed by atoms with Crippen molar-refractivity contribution in [1.82, 2.24) is 15.1 Å². The van der Waals surface area contributed by atoms with Gasteiger partial charge in [-0.25, -0.2) is 10.2 Å². The summed E-state index contributed by atoms with van der Waals surface area (Å²) in [6.07, 6.45) is 1.37. The van der Waals surface area contributed by atoms with Crippen LogP contribution in [0.5, 0.6) is 0 Å². The lowest BCUT2D eigenvalue weighted by Crippen LogP contribution is -2.32. The van der Waals surface area contributed by atoms with Crippen LogP contribution in [0.25, 0.3) is 11.0 Å². The van der Waals surface area contributed by atoms with Gasteiger partial charge in [0.25, 0.3) is 0 Å². The van der Waals surface area contributed by atoms with Crippen LogP contribution in [0.4, 0.5) is 4.79 Å². The molecule has 6 nitrogen and oxygen atoms in total. The number of hydrogen-bond donors (Lipinski definition) is 1. The predicted octanol–water partition coefficient (Wildman–Crippen LogP) is 2.86. The van der Waals surface area contributed by atoms with E-state index in [-0.39, 0.29) is 0 Å². The first-order valence-electron chi connectivity index (χ1n) is 6.74. The molecule has 1 aromatic carbocycles. The third-order valence-corrected chi connectivity index (χ3v) is 2.67. The molecule has 1 amide bonds. The molecule has 0 spiro atoms. The van der Waals surface area contributed by atoms with Gasteiger partial charge in [0.2, 0.25) is 0 Å². The van der Waals surface area contributed by atoms with E-state index in [1.165, 1.54) is 4.79 Å². The highest BCUT2D eigenvalue weighted by molar-refractivity contribution is 5.82. The van der Waals surface area contributed by atoms with E-state index in [0.29, 0.717) is 0 Å². The summed E-state index contributed by atoms with van der Waals surface area (Å²) in [5.41, 5.74) is 4.73. The minimum Gasteiger partial charge on any atom is -0.443 e. The molecule has 0 atom stereocenters. The lowest BCUT2D eigenvalue weighted by atomic mass is 10.1. The predicted molar refractivity (Wildman–Crippen MR) is 77.1 cm³/mol. The van der Waals surface area contributed by atoms with Gasteiger partial charge in [0.05, 0.1) is 0 Å². The zero-order valence-corrected chi connectivity index (χ0v) is 12.3. The van der Waals surface area contributed by atoms with Crippen molar-refractivity contribution >= 4 is 17.1 Å². The molecule has 2 aromatic rings. The van der Waals surface area contributed by atoms with Gasteiger partial charge in [-0.15, -0.1) is 9.89 Å². The van der Waals surface area contributed by atoms with E-state index in [1.54, 1.807) is 0 Å². The van der Waals surface area contributed by atoms with Gasteiger partial charge in [0.1, 0.15) is 16.6 Å². The highest BCUT2D eigenvalue weighted by Gasteiger charge is 2.18. The van der Waals surface area contributed by atoms with E-state index in [2.05, 4.69) is 22.7 Å². The van der Waals surface area contributed by atoms with E-state index in [4.69, 9.17) is 4.74 Å². The zero-order chi connectivity index (χ0) is 14.8. The quantitative estimate of drug-likeness (QED) is 0.935. The second-order valence-electron chi connectivity index (χ2n) is 5.65. The maximum atomic E-state index is 11.8. The fraction of sp³-hybridized carbons (Fsp3) is 0.500. The number of carbonyl (C=O) groups is 1. The fourth-order valence-corrected chi connectivity index (χ4v) is 1.98. The Kier molecular flexibility index (Phi) is 3.92. The van der Waals surface area contributed by atoms with Crippen molar-refractivity contribution in [2.45, 2.75) is 46.1 Å². The van der Waals surface area contributed by atoms with Gasteiger partial charge < -0.3 is 4.74 Å². The monoisotopic (exact) mass is 276 g/mol. The largest absolute Gasteiger partial charge is 0.443 e. The van der Waals surface area contributed by atoms with Crippen LogP contribution >= 0.6 is 0 Å². The lowest BCUT2D eigenvalue weighted by molar-refractivity contribution is 0.0610. The van der Waals surface area contributed by atoms with E-state index in [1.807, 2.05) is 39.0 Å². The van der Waals surface area contributed by atoms with Gasteiger partial charge in [-0.3, -0.25) is 0 Å². The summed E-state index contributed by atoms with van der Waals surface area (Å²) in [5, 5.41) is 8.02. The lowest BCUT2D eigenvalue weighted by Gasteiger charge is -2.19. The number of aromatic nitrogens is 3. The molecule has 0 unspecified atom stereocenters. The topological polar surface area (TPSA) is 69.0 Å². The summed E-state index contributed by atoms with van der Waals surface area (Å²) in [6, 6.07) is 5.83. The number of nitrogens with one attached hydrogen (secondary N) is 1. The van der Waals surface area contributed by atoms with Gasteiger partial charge in [-0.1, -0.05) is 25.5 Å². The number of ether oxygens (including phenoxy) is 1. The van der Waals surface area contributed by atoms with Crippen molar-refractivity contribution < 1.29 is 9.53 Å². The molecule has 0 bridgehead atoms. The number of para-hydroxylation sites is 1. The highest BCUT2D eigenvalue weighted by atomic mass is 16.6. The maximum absolute atomic E-state index is 11.8. The normalized spacial score (nSPS) is 11.6. The molecule has 108 valence electrons. The standard InChI is InChI=1S/C14H20N4O2/c1-5-7-10-8-6-9-11-12(10)18(17-15-11)16-13(19)20-14(2,3)4/h6,8-9H,5,7H2,1-4H3,(H,16,19). The van der Waals surface area contributed by atoms with E-state index >= 15 is 0 Å². The Hall–Kier alpha value is -2.11. The van der Waals surface area contributed by atoms with Crippen molar-refractivity contribution in [3.8, 4) is 0 Å². The first kappa shape index (κ1) is 14.3. The third kappa shape index (κ3) is 3.26. The summed E-state index contributed by atoms with van der Waals surface area (Å²) in [7, 11) is 0. The molecule has 1 aromatic heterocycles. The van der Waals surface area contributed by atoms with Gasteiger partial charge in [0, 0.05) is 0 Å². The third-order valence-electron chi connectivity index (χ3n) is 2.67. The van der Waals surface area contributed by atoms with E-state index in [9.17, 15) is 4.79 Å². The molecule has 20 heavy (non-hydrogen) atoms. The smallest absolute Gasteiger partial charge is 0.428 e. The molecule has 0 saturated carbocycles. The summed E-state index contributed by atoms with van der Waals surface area (Å²) in [6.45, 7) is 7.55. The number of fused-ring (bicyclic) bond motifs is 1. The number of aryl methyl sites for hydroxylation is 1. The molecule has 0 aliphatic carbocycles. The number of hydrogen-bond acceptors (Lipinski definition) is 4. The van der Waals surface area contributed by atoms with E-state index in [0.717, 1.165) is 29.4 Å². The fourth-order valence-electron chi connectivity index (χ4n) is 1.98. The molecule has 6 heteroatoms. The van der Waals surface area contributed by atoms with Crippen LogP contribution in [-0.2, 0) is 11.2 Å². The molecule has 0 aliphatic heterocycles.